The molecule has 1 aliphatic rings. The van der Waals surface area contributed by atoms with Gasteiger partial charge >= 0.3 is 0 Å². The van der Waals surface area contributed by atoms with Gasteiger partial charge in [-0.15, -0.1) is 0 Å². The lowest BCUT2D eigenvalue weighted by atomic mass is 9.92. The number of aromatic nitrogens is 1. The van der Waals surface area contributed by atoms with Crippen LogP contribution in [0.25, 0.3) is 11.0 Å². The molecule has 0 spiro atoms. The van der Waals surface area contributed by atoms with E-state index in [1.54, 1.807) is 18.2 Å². The smallest absolute Gasteiger partial charge is 0.180 e. The van der Waals surface area contributed by atoms with E-state index in [0.717, 1.165) is 37.1 Å². The number of aliphatic hydroxyl groups excluding tert-OH is 1. The van der Waals surface area contributed by atoms with Gasteiger partial charge in [-0.25, -0.2) is 0 Å². The number of aliphatic hydroxyl groups is 1. The fraction of sp³-hybridized carbons (Fsp3) is 0.500. The fourth-order valence-corrected chi connectivity index (χ4v) is 2.74. The Morgan fingerprint density at radius 1 is 1.37 bits per heavy atom. The van der Waals surface area contributed by atoms with Crippen LogP contribution < -0.4 is 4.90 Å². The third-order valence-corrected chi connectivity index (χ3v) is 3.96. The molecule has 1 fully saturated rings. The molecule has 1 aromatic heterocycles. The van der Waals surface area contributed by atoms with E-state index in [0.29, 0.717) is 11.5 Å². The average molecular weight is 262 g/mol. The zero-order valence-electron chi connectivity index (χ0n) is 10.9. The number of rotatable bonds is 2. The number of phenols is 1. The number of benzene rings is 1. The predicted octanol–water partition coefficient (Wildman–Crippen LogP) is 2.13. The molecular weight excluding hydrogens is 244 g/mol. The molecule has 2 heterocycles. The summed E-state index contributed by atoms with van der Waals surface area (Å²) in [5.41, 5.74) is 0.686. The van der Waals surface area contributed by atoms with Crippen molar-refractivity contribution in [2.24, 2.45) is 5.92 Å². The quantitative estimate of drug-likeness (QED) is 0.867. The molecule has 3 rings (SSSR count). The summed E-state index contributed by atoms with van der Waals surface area (Å²) < 4.78 is 5.28. The van der Waals surface area contributed by atoms with Gasteiger partial charge in [0, 0.05) is 13.1 Å². The molecule has 1 aliphatic heterocycles. The van der Waals surface area contributed by atoms with Gasteiger partial charge in [-0.2, -0.15) is 0 Å². The van der Waals surface area contributed by atoms with E-state index >= 15 is 0 Å². The van der Waals surface area contributed by atoms with Crippen molar-refractivity contribution in [1.82, 2.24) is 5.16 Å². The number of fused-ring (bicyclic) bond motifs is 1. The van der Waals surface area contributed by atoms with Gasteiger partial charge in [0.1, 0.15) is 5.75 Å². The van der Waals surface area contributed by atoms with Crippen molar-refractivity contribution in [3.05, 3.63) is 18.2 Å². The molecule has 0 bridgehead atoms. The predicted molar refractivity (Wildman–Crippen MR) is 72.3 cm³/mol. The summed E-state index contributed by atoms with van der Waals surface area (Å²) in [4.78, 5) is 2.16. The summed E-state index contributed by atoms with van der Waals surface area (Å²) in [5.74, 6) is 1.37. The number of phenolic OH excluding ortho intramolecular Hbond substituents is 1. The van der Waals surface area contributed by atoms with Gasteiger partial charge in [-0.1, -0.05) is 5.16 Å². The fourth-order valence-electron chi connectivity index (χ4n) is 2.74. The van der Waals surface area contributed by atoms with Crippen LogP contribution in [0.5, 0.6) is 5.75 Å². The zero-order chi connectivity index (χ0) is 13.4. The maximum Gasteiger partial charge on any atom is 0.180 e. The summed E-state index contributed by atoms with van der Waals surface area (Å²) in [6, 6.07) is 5.00. The van der Waals surface area contributed by atoms with Crippen LogP contribution in [0.2, 0.25) is 0 Å². The number of hydrogen-bond donors (Lipinski definition) is 2. The van der Waals surface area contributed by atoms with Crippen molar-refractivity contribution in [2.75, 3.05) is 18.0 Å². The Morgan fingerprint density at radius 2 is 2.11 bits per heavy atom. The average Bonchev–Trinajstić information content (AvgIpc) is 2.81. The Morgan fingerprint density at radius 3 is 2.79 bits per heavy atom. The molecule has 1 unspecified atom stereocenters. The topological polar surface area (TPSA) is 69.7 Å². The van der Waals surface area contributed by atoms with Gasteiger partial charge < -0.3 is 19.6 Å². The Labute approximate surface area is 111 Å². The van der Waals surface area contributed by atoms with Crippen molar-refractivity contribution in [2.45, 2.75) is 25.9 Å². The minimum atomic E-state index is -0.250. The lowest BCUT2D eigenvalue weighted by molar-refractivity contribution is 0.109. The van der Waals surface area contributed by atoms with Gasteiger partial charge in [0.15, 0.2) is 11.4 Å². The molecule has 2 aromatic rings. The molecule has 0 aliphatic carbocycles. The highest BCUT2D eigenvalue weighted by molar-refractivity contribution is 5.89. The first-order valence-corrected chi connectivity index (χ1v) is 6.66. The first kappa shape index (κ1) is 12.3. The zero-order valence-corrected chi connectivity index (χ0v) is 10.9. The maximum absolute atomic E-state index is 9.62. The van der Waals surface area contributed by atoms with E-state index in [4.69, 9.17) is 4.52 Å². The Kier molecular flexibility index (Phi) is 3.06. The third kappa shape index (κ3) is 2.26. The second-order valence-electron chi connectivity index (χ2n) is 5.25. The first-order valence-electron chi connectivity index (χ1n) is 6.66. The largest absolute Gasteiger partial charge is 0.508 e. The van der Waals surface area contributed by atoms with E-state index in [1.165, 1.54) is 0 Å². The Balaban J connectivity index is 1.84. The van der Waals surface area contributed by atoms with E-state index in [-0.39, 0.29) is 11.9 Å². The van der Waals surface area contributed by atoms with Crippen molar-refractivity contribution >= 4 is 16.8 Å². The van der Waals surface area contributed by atoms with Crippen LogP contribution in [0.3, 0.4) is 0 Å². The van der Waals surface area contributed by atoms with Gasteiger partial charge in [0.05, 0.1) is 11.5 Å². The van der Waals surface area contributed by atoms with Crippen LogP contribution in [-0.2, 0) is 0 Å². The number of piperidine rings is 1. The SMILES string of the molecule is CC(O)C1CCN(c2noc3ccc(O)cc23)CC1. The number of aromatic hydroxyl groups is 1. The van der Waals surface area contributed by atoms with E-state index in [9.17, 15) is 10.2 Å². The van der Waals surface area contributed by atoms with Gasteiger partial charge in [-0.05, 0) is 43.9 Å². The van der Waals surface area contributed by atoms with E-state index < -0.39 is 0 Å². The van der Waals surface area contributed by atoms with Crippen LogP contribution in [0.4, 0.5) is 5.82 Å². The highest BCUT2D eigenvalue weighted by atomic mass is 16.5. The molecule has 0 amide bonds. The van der Waals surface area contributed by atoms with Crippen molar-refractivity contribution in [3.8, 4) is 5.75 Å². The lowest BCUT2D eigenvalue weighted by Crippen LogP contribution is -2.37. The van der Waals surface area contributed by atoms with Crippen LogP contribution in [0.1, 0.15) is 19.8 Å². The molecule has 1 aromatic carbocycles. The number of hydrogen-bond acceptors (Lipinski definition) is 5. The number of anilines is 1. The summed E-state index contributed by atoms with van der Waals surface area (Å²) in [5, 5.41) is 24.1. The van der Waals surface area contributed by atoms with E-state index in [2.05, 4.69) is 10.1 Å². The molecule has 1 saturated heterocycles. The van der Waals surface area contributed by atoms with Crippen LogP contribution in [0, 0.1) is 5.92 Å². The summed E-state index contributed by atoms with van der Waals surface area (Å²) >= 11 is 0. The van der Waals surface area contributed by atoms with Gasteiger partial charge in [0.2, 0.25) is 0 Å². The molecule has 2 N–H and O–H groups in total. The van der Waals surface area contributed by atoms with Gasteiger partial charge in [-0.3, -0.25) is 0 Å². The van der Waals surface area contributed by atoms with Crippen molar-refractivity contribution in [1.29, 1.82) is 0 Å². The normalized spacial score (nSPS) is 18.9. The summed E-state index contributed by atoms with van der Waals surface area (Å²) in [6.45, 7) is 3.56. The van der Waals surface area contributed by atoms with Gasteiger partial charge in [0.25, 0.3) is 0 Å². The van der Waals surface area contributed by atoms with Crippen molar-refractivity contribution in [3.63, 3.8) is 0 Å². The highest BCUT2D eigenvalue weighted by Crippen LogP contribution is 2.32. The van der Waals surface area contributed by atoms with Crippen molar-refractivity contribution < 1.29 is 14.7 Å². The lowest BCUT2D eigenvalue weighted by Gasteiger charge is -2.33. The molecule has 0 radical (unpaired) electrons. The van der Waals surface area contributed by atoms with E-state index in [1.807, 2.05) is 6.92 Å². The maximum atomic E-state index is 9.62. The van der Waals surface area contributed by atoms with Crippen LogP contribution in [0.15, 0.2) is 22.7 Å². The minimum absolute atomic E-state index is 0.218. The molecule has 5 nitrogen and oxygen atoms in total. The monoisotopic (exact) mass is 262 g/mol. The minimum Gasteiger partial charge on any atom is -0.508 e. The first-order chi connectivity index (χ1) is 9.15. The third-order valence-electron chi connectivity index (χ3n) is 3.96. The molecule has 1 atom stereocenters. The Hall–Kier alpha value is -1.75. The molecular formula is C14H18N2O3. The number of nitrogens with zero attached hydrogens (tertiary/aromatic N) is 2. The van der Waals surface area contributed by atoms with Crippen LogP contribution >= 0.6 is 0 Å². The second kappa shape index (κ2) is 4.74. The second-order valence-corrected chi connectivity index (χ2v) is 5.25. The summed E-state index contributed by atoms with van der Waals surface area (Å²) in [7, 11) is 0. The molecule has 19 heavy (non-hydrogen) atoms. The molecule has 102 valence electrons. The molecule has 0 saturated carbocycles. The Bertz CT molecular complexity index is 571. The highest BCUT2D eigenvalue weighted by Gasteiger charge is 2.25. The standard InChI is InChI=1S/C14H18N2O3/c1-9(17)10-4-6-16(7-5-10)14-12-8-11(18)2-3-13(12)19-15-14/h2-3,8-10,17-18H,4-7H2,1H3. The van der Waals surface area contributed by atoms with Crippen LogP contribution in [-0.4, -0.2) is 34.6 Å². The molecule has 5 heteroatoms. The summed E-state index contributed by atoms with van der Waals surface area (Å²) in [6.07, 6.45) is 1.65.